The Balaban J connectivity index is 2.13. The van der Waals surface area contributed by atoms with Gasteiger partial charge in [-0.3, -0.25) is 4.90 Å². The zero-order valence-electron chi connectivity index (χ0n) is 14.1. The van der Waals surface area contributed by atoms with Gasteiger partial charge in [0.05, 0.1) is 0 Å². The Morgan fingerprint density at radius 1 is 1.19 bits per heavy atom. The number of hydrogen-bond acceptors (Lipinski definition) is 3. The van der Waals surface area contributed by atoms with E-state index in [1.807, 2.05) is 0 Å². The topological polar surface area (TPSA) is 32.5 Å². The van der Waals surface area contributed by atoms with Crippen molar-refractivity contribution in [2.24, 2.45) is 11.1 Å². The monoisotopic (exact) mass is 289 g/mol. The number of rotatable bonds is 6. The van der Waals surface area contributed by atoms with E-state index in [1.54, 1.807) is 0 Å². The predicted octanol–water partition coefficient (Wildman–Crippen LogP) is 3.26. The molecule has 21 heavy (non-hydrogen) atoms. The fourth-order valence-corrected chi connectivity index (χ4v) is 3.55. The lowest BCUT2D eigenvalue weighted by atomic mass is 9.82. The van der Waals surface area contributed by atoms with Crippen LogP contribution in [0.5, 0.6) is 0 Å². The second-order valence-electron chi connectivity index (χ2n) is 6.67. The Labute approximate surface area is 130 Å². The van der Waals surface area contributed by atoms with Crippen molar-refractivity contribution < 1.29 is 0 Å². The molecule has 3 heteroatoms. The molecule has 0 radical (unpaired) electrons. The molecule has 1 aromatic rings. The molecule has 1 unspecified atom stereocenters. The SMILES string of the molecule is CCC1(CC)CCN(C(CN)c2ccc(N(C)C)cc2)C1. The smallest absolute Gasteiger partial charge is 0.0470 e. The van der Waals surface area contributed by atoms with Gasteiger partial charge in [0.2, 0.25) is 0 Å². The molecule has 0 bridgehead atoms. The summed E-state index contributed by atoms with van der Waals surface area (Å²) >= 11 is 0. The third-order valence-corrected chi connectivity index (χ3v) is 5.43. The molecular formula is C18H31N3. The van der Waals surface area contributed by atoms with Crippen molar-refractivity contribution >= 4 is 5.69 Å². The first-order chi connectivity index (χ1) is 10.0. The van der Waals surface area contributed by atoms with E-state index in [2.05, 4.69) is 62.0 Å². The summed E-state index contributed by atoms with van der Waals surface area (Å²) < 4.78 is 0. The van der Waals surface area contributed by atoms with E-state index in [1.165, 1.54) is 43.6 Å². The summed E-state index contributed by atoms with van der Waals surface area (Å²) in [5.74, 6) is 0. The summed E-state index contributed by atoms with van der Waals surface area (Å²) in [4.78, 5) is 4.73. The van der Waals surface area contributed by atoms with Gasteiger partial charge >= 0.3 is 0 Å². The zero-order valence-corrected chi connectivity index (χ0v) is 14.1. The van der Waals surface area contributed by atoms with Crippen molar-refractivity contribution in [3.63, 3.8) is 0 Å². The molecule has 1 aromatic carbocycles. The summed E-state index contributed by atoms with van der Waals surface area (Å²) in [5.41, 5.74) is 9.21. The van der Waals surface area contributed by atoms with Gasteiger partial charge < -0.3 is 10.6 Å². The van der Waals surface area contributed by atoms with E-state index in [0.29, 0.717) is 18.0 Å². The van der Waals surface area contributed by atoms with Crippen molar-refractivity contribution in [3.8, 4) is 0 Å². The third kappa shape index (κ3) is 3.41. The first kappa shape index (κ1) is 16.3. The molecule has 0 saturated carbocycles. The van der Waals surface area contributed by atoms with Gasteiger partial charge in [-0.05, 0) is 48.9 Å². The summed E-state index contributed by atoms with van der Waals surface area (Å²) in [5, 5.41) is 0. The molecule has 0 aliphatic carbocycles. The minimum atomic E-state index is 0.362. The van der Waals surface area contributed by atoms with Crippen LogP contribution in [0, 0.1) is 5.41 Å². The van der Waals surface area contributed by atoms with Crippen LogP contribution in [0.15, 0.2) is 24.3 Å². The maximum absolute atomic E-state index is 6.10. The molecule has 1 heterocycles. The zero-order chi connectivity index (χ0) is 15.5. The van der Waals surface area contributed by atoms with Crippen molar-refractivity contribution in [2.75, 3.05) is 38.6 Å². The molecule has 1 saturated heterocycles. The molecule has 1 aliphatic heterocycles. The van der Waals surface area contributed by atoms with Crippen molar-refractivity contribution in [2.45, 2.75) is 39.2 Å². The van der Waals surface area contributed by atoms with Crippen LogP contribution in [-0.4, -0.2) is 38.6 Å². The van der Waals surface area contributed by atoms with Gasteiger partial charge in [-0.25, -0.2) is 0 Å². The first-order valence-electron chi connectivity index (χ1n) is 8.26. The fraction of sp³-hybridized carbons (Fsp3) is 0.667. The quantitative estimate of drug-likeness (QED) is 0.872. The number of nitrogens with two attached hydrogens (primary N) is 1. The maximum atomic E-state index is 6.10. The van der Waals surface area contributed by atoms with Crippen LogP contribution < -0.4 is 10.6 Å². The first-order valence-corrected chi connectivity index (χ1v) is 8.26. The molecule has 118 valence electrons. The highest BCUT2D eigenvalue weighted by atomic mass is 15.2. The number of hydrogen-bond donors (Lipinski definition) is 1. The summed E-state index contributed by atoms with van der Waals surface area (Å²) in [6.07, 6.45) is 3.86. The third-order valence-electron chi connectivity index (χ3n) is 5.43. The molecule has 1 aliphatic rings. The van der Waals surface area contributed by atoms with Crippen molar-refractivity contribution in [1.29, 1.82) is 0 Å². The standard InChI is InChI=1S/C18H31N3/c1-5-18(6-2)11-12-21(14-18)17(13-19)15-7-9-16(10-8-15)20(3)4/h7-10,17H,5-6,11-14,19H2,1-4H3. The van der Waals surface area contributed by atoms with Crippen LogP contribution in [0.3, 0.4) is 0 Å². The molecule has 2 N–H and O–H groups in total. The molecule has 0 aromatic heterocycles. The Morgan fingerprint density at radius 3 is 2.24 bits per heavy atom. The molecule has 0 amide bonds. The van der Waals surface area contributed by atoms with Gasteiger partial charge in [-0.1, -0.05) is 26.0 Å². The van der Waals surface area contributed by atoms with Gasteiger partial charge in [-0.15, -0.1) is 0 Å². The molecule has 3 nitrogen and oxygen atoms in total. The summed E-state index contributed by atoms with van der Waals surface area (Å²) in [7, 11) is 4.15. The highest BCUT2D eigenvalue weighted by molar-refractivity contribution is 5.46. The normalized spacial score (nSPS) is 19.7. The van der Waals surface area contributed by atoms with Crippen molar-refractivity contribution in [1.82, 2.24) is 4.90 Å². The predicted molar refractivity (Wildman–Crippen MR) is 91.8 cm³/mol. The minimum Gasteiger partial charge on any atom is -0.378 e. The molecular weight excluding hydrogens is 258 g/mol. The average Bonchev–Trinajstić information content (AvgIpc) is 2.93. The average molecular weight is 289 g/mol. The van der Waals surface area contributed by atoms with Gasteiger partial charge in [-0.2, -0.15) is 0 Å². The van der Waals surface area contributed by atoms with Crippen LogP contribution in [0.25, 0.3) is 0 Å². The van der Waals surface area contributed by atoms with Gasteiger partial charge in [0, 0.05) is 38.9 Å². The summed E-state index contributed by atoms with van der Waals surface area (Å²) in [6, 6.07) is 9.23. The lowest BCUT2D eigenvalue weighted by Gasteiger charge is -2.31. The Kier molecular flexibility index (Phi) is 5.28. The number of anilines is 1. The highest BCUT2D eigenvalue weighted by Gasteiger charge is 2.37. The Hall–Kier alpha value is -1.06. The van der Waals surface area contributed by atoms with Gasteiger partial charge in [0.25, 0.3) is 0 Å². The lowest BCUT2D eigenvalue weighted by Crippen LogP contribution is -2.34. The Bertz CT molecular complexity index is 434. The van der Waals surface area contributed by atoms with Crippen molar-refractivity contribution in [3.05, 3.63) is 29.8 Å². The van der Waals surface area contributed by atoms with E-state index >= 15 is 0 Å². The maximum Gasteiger partial charge on any atom is 0.0470 e. The van der Waals surface area contributed by atoms with E-state index in [0.717, 1.165) is 0 Å². The Morgan fingerprint density at radius 2 is 1.81 bits per heavy atom. The second kappa shape index (κ2) is 6.80. The number of nitrogens with zero attached hydrogens (tertiary/aromatic N) is 2. The van der Waals surface area contributed by atoms with E-state index in [4.69, 9.17) is 5.73 Å². The molecule has 0 spiro atoms. The molecule has 1 atom stereocenters. The minimum absolute atomic E-state index is 0.362. The van der Waals surface area contributed by atoms with Crippen LogP contribution in [-0.2, 0) is 0 Å². The highest BCUT2D eigenvalue weighted by Crippen LogP contribution is 2.40. The van der Waals surface area contributed by atoms with Crippen LogP contribution in [0.4, 0.5) is 5.69 Å². The van der Waals surface area contributed by atoms with Crippen LogP contribution in [0.1, 0.15) is 44.7 Å². The second-order valence-corrected chi connectivity index (χ2v) is 6.67. The van der Waals surface area contributed by atoms with E-state index < -0.39 is 0 Å². The summed E-state index contributed by atoms with van der Waals surface area (Å²) in [6.45, 7) is 7.73. The van der Waals surface area contributed by atoms with E-state index in [9.17, 15) is 0 Å². The van der Waals surface area contributed by atoms with Gasteiger partial charge in [0.1, 0.15) is 0 Å². The van der Waals surface area contributed by atoms with Crippen LogP contribution in [0.2, 0.25) is 0 Å². The fourth-order valence-electron chi connectivity index (χ4n) is 3.55. The number of likely N-dealkylation sites (tertiary alicyclic amines) is 1. The molecule has 2 rings (SSSR count). The van der Waals surface area contributed by atoms with Gasteiger partial charge in [0.15, 0.2) is 0 Å². The number of benzene rings is 1. The van der Waals surface area contributed by atoms with E-state index in [-0.39, 0.29) is 0 Å². The largest absolute Gasteiger partial charge is 0.378 e. The lowest BCUT2D eigenvalue weighted by molar-refractivity contribution is 0.197. The van der Waals surface area contributed by atoms with Crippen LogP contribution >= 0.6 is 0 Å². The molecule has 1 fully saturated rings.